The lowest BCUT2D eigenvalue weighted by Gasteiger charge is -2.20. The minimum absolute atomic E-state index is 0.142. The monoisotopic (exact) mass is 270 g/mol. The summed E-state index contributed by atoms with van der Waals surface area (Å²) >= 11 is 0. The summed E-state index contributed by atoms with van der Waals surface area (Å²) < 4.78 is 1.85. The number of carbonyl (C=O) groups excluding carboxylic acids is 1. The Hall–Kier alpha value is -2.14. The fraction of sp³-hybridized carbons (Fsp3) is 0.333. The van der Waals surface area contributed by atoms with Crippen LogP contribution in [0.1, 0.15) is 18.5 Å². The molecule has 1 aliphatic rings. The summed E-state index contributed by atoms with van der Waals surface area (Å²) in [6, 6.07) is 11.8. The quantitative estimate of drug-likeness (QED) is 0.911. The third kappa shape index (κ3) is 2.58. The summed E-state index contributed by atoms with van der Waals surface area (Å²) in [4.78, 5) is 13.5. The molecule has 1 fully saturated rings. The van der Waals surface area contributed by atoms with Crippen molar-refractivity contribution in [2.75, 3.05) is 6.54 Å². The van der Waals surface area contributed by atoms with Gasteiger partial charge < -0.3 is 5.73 Å². The van der Waals surface area contributed by atoms with Gasteiger partial charge >= 0.3 is 0 Å². The smallest absolute Gasteiger partial charge is 0.234 e. The Morgan fingerprint density at radius 1 is 1.30 bits per heavy atom. The number of nitrogens with zero attached hydrogens (tertiary/aromatic N) is 3. The second-order valence-corrected chi connectivity index (χ2v) is 5.12. The lowest BCUT2D eigenvalue weighted by atomic mass is 10.2. The zero-order valence-corrected chi connectivity index (χ0v) is 11.3. The molecule has 0 spiro atoms. The van der Waals surface area contributed by atoms with Crippen molar-refractivity contribution in [1.82, 2.24) is 14.7 Å². The molecule has 2 aromatic rings. The standard InChI is InChI=1S/C15H18N4O/c16-15(20)14-7-4-9-18(14)11-12-8-10-19(17-12)13-5-2-1-3-6-13/h1-3,5-6,8,10,14H,4,7,9,11H2,(H2,16,20)/t14-/m0/s1. The number of amides is 1. The van der Waals surface area contributed by atoms with Crippen LogP contribution in [0.25, 0.3) is 5.69 Å². The molecule has 0 radical (unpaired) electrons. The number of primary amides is 1. The van der Waals surface area contributed by atoms with E-state index in [-0.39, 0.29) is 11.9 Å². The van der Waals surface area contributed by atoms with Crippen molar-refractivity contribution >= 4 is 5.91 Å². The number of carbonyl (C=O) groups is 1. The van der Waals surface area contributed by atoms with Crippen LogP contribution in [0.2, 0.25) is 0 Å². The van der Waals surface area contributed by atoms with E-state index in [1.807, 2.05) is 47.3 Å². The summed E-state index contributed by atoms with van der Waals surface area (Å²) in [5.41, 5.74) is 7.43. The van der Waals surface area contributed by atoms with Crippen molar-refractivity contribution in [3.8, 4) is 5.69 Å². The molecular weight excluding hydrogens is 252 g/mol. The van der Waals surface area contributed by atoms with Gasteiger partial charge in [0.1, 0.15) is 0 Å². The van der Waals surface area contributed by atoms with E-state index < -0.39 is 0 Å². The number of benzene rings is 1. The van der Waals surface area contributed by atoms with Gasteiger partial charge in [-0.1, -0.05) is 18.2 Å². The van der Waals surface area contributed by atoms with Gasteiger partial charge in [0.25, 0.3) is 0 Å². The van der Waals surface area contributed by atoms with Crippen molar-refractivity contribution in [3.63, 3.8) is 0 Å². The lowest BCUT2D eigenvalue weighted by Crippen LogP contribution is -2.39. The Morgan fingerprint density at radius 3 is 2.85 bits per heavy atom. The molecule has 1 aromatic carbocycles. The van der Waals surface area contributed by atoms with Crippen LogP contribution in [0, 0.1) is 0 Å². The number of aromatic nitrogens is 2. The molecule has 0 unspecified atom stereocenters. The summed E-state index contributed by atoms with van der Waals surface area (Å²) in [5, 5.41) is 4.56. The molecule has 1 aromatic heterocycles. The van der Waals surface area contributed by atoms with Crippen LogP contribution in [0.5, 0.6) is 0 Å². The molecule has 1 atom stereocenters. The van der Waals surface area contributed by atoms with Crippen molar-refractivity contribution < 1.29 is 4.79 Å². The van der Waals surface area contributed by atoms with Crippen molar-refractivity contribution in [2.45, 2.75) is 25.4 Å². The van der Waals surface area contributed by atoms with Gasteiger partial charge in [0.15, 0.2) is 0 Å². The zero-order valence-electron chi connectivity index (χ0n) is 11.3. The molecule has 104 valence electrons. The fourth-order valence-corrected chi connectivity index (χ4v) is 2.72. The Kier molecular flexibility index (Phi) is 3.52. The topological polar surface area (TPSA) is 64.2 Å². The maximum absolute atomic E-state index is 11.4. The molecule has 0 saturated carbocycles. The van der Waals surface area contributed by atoms with Gasteiger partial charge in [0, 0.05) is 12.7 Å². The fourth-order valence-electron chi connectivity index (χ4n) is 2.72. The molecule has 20 heavy (non-hydrogen) atoms. The first-order valence-corrected chi connectivity index (χ1v) is 6.87. The second kappa shape index (κ2) is 5.46. The minimum atomic E-state index is -0.231. The third-order valence-corrected chi connectivity index (χ3v) is 3.72. The minimum Gasteiger partial charge on any atom is -0.368 e. The summed E-state index contributed by atoms with van der Waals surface area (Å²) in [6.45, 7) is 1.58. The van der Waals surface area contributed by atoms with Gasteiger partial charge in [-0.05, 0) is 37.6 Å². The maximum Gasteiger partial charge on any atom is 0.234 e. The molecule has 1 aliphatic heterocycles. The first-order chi connectivity index (χ1) is 9.74. The van der Waals surface area contributed by atoms with E-state index in [0.717, 1.165) is 30.8 Å². The second-order valence-electron chi connectivity index (χ2n) is 5.12. The predicted octanol–water partition coefficient (Wildman–Crippen LogP) is 1.32. The maximum atomic E-state index is 11.4. The average Bonchev–Trinajstić information content (AvgIpc) is 3.09. The molecule has 1 amide bonds. The molecule has 2 heterocycles. The summed E-state index contributed by atoms with van der Waals surface area (Å²) in [7, 11) is 0. The Bertz CT molecular complexity index is 593. The van der Waals surface area contributed by atoms with Crippen LogP contribution in [0.15, 0.2) is 42.6 Å². The van der Waals surface area contributed by atoms with Gasteiger partial charge in [-0.2, -0.15) is 5.10 Å². The van der Waals surface area contributed by atoms with Gasteiger partial charge in [-0.15, -0.1) is 0 Å². The predicted molar refractivity (Wildman–Crippen MR) is 76.2 cm³/mol. The van der Waals surface area contributed by atoms with E-state index in [1.54, 1.807) is 0 Å². The van der Waals surface area contributed by atoms with Crippen molar-refractivity contribution in [1.29, 1.82) is 0 Å². The highest BCUT2D eigenvalue weighted by atomic mass is 16.1. The molecule has 3 rings (SSSR count). The Morgan fingerprint density at radius 2 is 2.10 bits per heavy atom. The highest BCUT2D eigenvalue weighted by molar-refractivity contribution is 5.80. The molecular formula is C15H18N4O. The highest BCUT2D eigenvalue weighted by Gasteiger charge is 2.29. The number of para-hydroxylation sites is 1. The number of rotatable bonds is 4. The normalized spacial score (nSPS) is 19.3. The van der Waals surface area contributed by atoms with Crippen LogP contribution in [-0.4, -0.2) is 33.2 Å². The molecule has 0 aliphatic carbocycles. The van der Waals surface area contributed by atoms with Gasteiger partial charge in [-0.3, -0.25) is 9.69 Å². The Labute approximate surface area is 118 Å². The molecule has 0 bridgehead atoms. The summed E-state index contributed by atoms with van der Waals surface area (Å²) in [6.07, 6.45) is 3.82. The van der Waals surface area contributed by atoms with Crippen LogP contribution in [0.3, 0.4) is 0 Å². The number of hydrogen-bond donors (Lipinski definition) is 1. The van der Waals surface area contributed by atoms with Crippen LogP contribution < -0.4 is 5.73 Å². The van der Waals surface area contributed by atoms with E-state index in [1.165, 1.54) is 0 Å². The highest BCUT2D eigenvalue weighted by Crippen LogP contribution is 2.19. The SMILES string of the molecule is NC(=O)[C@@H]1CCCN1Cc1ccn(-c2ccccc2)n1. The zero-order chi connectivity index (χ0) is 13.9. The van der Waals surface area contributed by atoms with Crippen molar-refractivity contribution in [2.24, 2.45) is 5.73 Å². The van der Waals surface area contributed by atoms with E-state index >= 15 is 0 Å². The molecule has 5 heteroatoms. The molecule has 2 N–H and O–H groups in total. The summed E-state index contributed by atoms with van der Waals surface area (Å²) in [5.74, 6) is -0.231. The first kappa shape index (κ1) is 12.9. The van der Waals surface area contributed by atoms with E-state index in [4.69, 9.17) is 5.73 Å². The third-order valence-electron chi connectivity index (χ3n) is 3.72. The van der Waals surface area contributed by atoms with E-state index in [2.05, 4.69) is 10.00 Å². The molecule has 5 nitrogen and oxygen atoms in total. The Balaban J connectivity index is 1.73. The van der Waals surface area contributed by atoms with Crippen LogP contribution in [-0.2, 0) is 11.3 Å². The largest absolute Gasteiger partial charge is 0.368 e. The van der Waals surface area contributed by atoms with Gasteiger partial charge in [0.2, 0.25) is 5.91 Å². The lowest BCUT2D eigenvalue weighted by molar-refractivity contribution is -0.122. The number of likely N-dealkylation sites (tertiary alicyclic amines) is 1. The average molecular weight is 270 g/mol. The van der Waals surface area contributed by atoms with Gasteiger partial charge in [0.05, 0.1) is 17.4 Å². The number of nitrogens with two attached hydrogens (primary N) is 1. The van der Waals surface area contributed by atoms with Crippen LogP contribution >= 0.6 is 0 Å². The molecule has 1 saturated heterocycles. The van der Waals surface area contributed by atoms with Crippen LogP contribution in [0.4, 0.5) is 0 Å². The van der Waals surface area contributed by atoms with E-state index in [9.17, 15) is 4.79 Å². The first-order valence-electron chi connectivity index (χ1n) is 6.87. The van der Waals surface area contributed by atoms with Gasteiger partial charge in [-0.25, -0.2) is 4.68 Å². The van der Waals surface area contributed by atoms with E-state index in [0.29, 0.717) is 6.54 Å². The van der Waals surface area contributed by atoms with Crippen molar-refractivity contribution in [3.05, 3.63) is 48.3 Å². The number of hydrogen-bond acceptors (Lipinski definition) is 3.